The smallest absolute Gasteiger partial charge is 0.0823 e. The van der Waals surface area contributed by atoms with Crippen LogP contribution in [-0.2, 0) is 0 Å². The van der Waals surface area contributed by atoms with E-state index in [0.29, 0.717) is 28.6 Å². The van der Waals surface area contributed by atoms with Gasteiger partial charge < -0.3 is 5.11 Å². The van der Waals surface area contributed by atoms with Crippen LogP contribution in [0.2, 0.25) is 0 Å². The molecule has 0 heterocycles. The number of aliphatic hydroxyl groups excluding tert-OH is 1. The molecule has 4 rings (SSSR count). The van der Waals surface area contributed by atoms with Gasteiger partial charge in [-0.25, -0.2) is 0 Å². The van der Waals surface area contributed by atoms with Crippen molar-refractivity contribution in [3.8, 4) is 0 Å². The van der Waals surface area contributed by atoms with Gasteiger partial charge in [-0.2, -0.15) is 0 Å². The molecule has 3 aliphatic carbocycles. The van der Waals surface area contributed by atoms with Crippen LogP contribution in [0.5, 0.6) is 0 Å². The maximum Gasteiger partial charge on any atom is 0.0823 e. The van der Waals surface area contributed by atoms with Crippen LogP contribution in [0.4, 0.5) is 0 Å². The summed E-state index contributed by atoms with van der Waals surface area (Å²) in [6.45, 7) is 10.0. The topological polar surface area (TPSA) is 20.2 Å². The van der Waals surface area contributed by atoms with Crippen molar-refractivity contribution in [2.75, 3.05) is 5.88 Å². The highest BCUT2D eigenvalue weighted by Crippen LogP contribution is 2.71. The Kier molecular flexibility index (Phi) is 4.96. The van der Waals surface area contributed by atoms with Crippen LogP contribution in [0.15, 0.2) is 30.3 Å². The van der Waals surface area contributed by atoms with Gasteiger partial charge in [-0.15, -0.1) is 11.6 Å². The fraction of sp³-hybridized carbons (Fsp3) is 0.760. The monoisotopic (exact) mass is 388 g/mol. The number of halogens is 1. The highest BCUT2D eigenvalue weighted by atomic mass is 35.5. The largest absolute Gasteiger partial charge is 0.388 e. The summed E-state index contributed by atoms with van der Waals surface area (Å²) in [4.78, 5) is 0. The third kappa shape index (κ3) is 2.83. The van der Waals surface area contributed by atoms with Gasteiger partial charge >= 0.3 is 0 Å². The van der Waals surface area contributed by atoms with Gasteiger partial charge in [-0.05, 0) is 84.0 Å². The molecule has 0 spiro atoms. The van der Waals surface area contributed by atoms with E-state index in [2.05, 4.69) is 52.0 Å². The zero-order valence-corrected chi connectivity index (χ0v) is 18.3. The SMILES string of the molecule is CC1(C)C(C(O)c2ccccc2)CCC2(C)C1CCC1(C)C(CCl)CCC12. The Morgan fingerprint density at radius 2 is 1.59 bits per heavy atom. The minimum absolute atomic E-state index is 0.155. The molecule has 1 nitrogen and oxygen atoms in total. The second-order valence-electron chi connectivity index (χ2n) is 10.9. The van der Waals surface area contributed by atoms with Gasteiger partial charge in [-0.1, -0.05) is 58.0 Å². The summed E-state index contributed by atoms with van der Waals surface area (Å²) in [6.07, 6.45) is 7.30. The number of hydrogen-bond donors (Lipinski definition) is 1. The van der Waals surface area contributed by atoms with Gasteiger partial charge in [0, 0.05) is 5.88 Å². The van der Waals surface area contributed by atoms with Crippen molar-refractivity contribution in [3.63, 3.8) is 0 Å². The molecule has 0 radical (unpaired) electrons. The summed E-state index contributed by atoms with van der Waals surface area (Å²) in [6, 6.07) is 10.3. The molecular formula is C25H37ClO. The summed E-state index contributed by atoms with van der Waals surface area (Å²) in [5.74, 6) is 3.34. The predicted molar refractivity (Wildman–Crippen MR) is 114 cm³/mol. The average molecular weight is 389 g/mol. The fourth-order valence-electron chi connectivity index (χ4n) is 8.17. The first-order valence-corrected chi connectivity index (χ1v) is 11.6. The highest BCUT2D eigenvalue weighted by Gasteiger charge is 2.63. The molecule has 27 heavy (non-hydrogen) atoms. The van der Waals surface area contributed by atoms with Crippen LogP contribution in [0.1, 0.15) is 77.9 Å². The number of rotatable bonds is 3. The van der Waals surface area contributed by atoms with Crippen LogP contribution >= 0.6 is 11.6 Å². The van der Waals surface area contributed by atoms with E-state index in [1.165, 1.54) is 32.1 Å². The molecule has 1 N–H and O–H groups in total. The van der Waals surface area contributed by atoms with Crippen molar-refractivity contribution < 1.29 is 5.11 Å². The third-order valence-electron chi connectivity index (χ3n) is 9.65. The Bertz CT molecular complexity index is 670. The zero-order valence-electron chi connectivity index (χ0n) is 17.5. The number of hydrogen-bond acceptors (Lipinski definition) is 1. The van der Waals surface area contributed by atoms with Crippen molar-refractivity contribution >= 4 is 11.6 Å². The molecule has 0 bridgehead atoms. The van der Waals surface area contributed by atoms with Gasteiger partial charge in [0.1, 0.15) is 0 Å². The summed E-state index contributed by atoms with van der Waals surface area (Å²) >= 11 is 6.39. The molecule has 7 unspecified atom stereocenters. The van der Waals surface area contributed by atoms with Gasteiger partial charge in [0.2, 0.25) is 0 Å². The first-order valence-electron chi connectivity index (χ1n) is 11.0. The summed E-state index contributed by atoms with van der Waals surface area (Å²) in [7, 11) is 0. The van der Waals surface area contributed by atoms with Crippen LogP contribution in [0.3, 0.4) is 0 Å². The first kappa shape index (κ1) is 19.8. The van der Waals surface area contributed by atoms with Crippen LogP contribution in [0.25, 0.3) is 0 Å². The van der Waals surface area contributed by atoms with Crippen LogP contribution in [0, 0.1) is 39.9 Å². The van der Waals surface area contributed by atoms with Gasteiger partial charge in [0.15, 0.2) is 0 Å². The molecular weight excluding hydrogens is 352 g/mol. The number of aliphatic hydroxyl groups is 1. The second kappa shape index (κ2) is 6.77. The molecule has 3 fully saturated rings. The van der Waals surface area contributed by atoms with E-state index in [1.807, 2.05) is 6.07 Å². The van der Waals surface area contributed by atoms with E-state index in [9.17, 15) is 5.11 Å². The van der Waals surface area contributed by atoms with Crippen LogP contribution in [-0.4, -0.2) is 11.0 Å². The van der Waals surface area contributed by atoms with E-state index in [0.717, 1.165) is 23.8 Å². The van der Waals surface area contributed by atoms with E-state index in [4.69, 9.17) is 11.6 Å². The maximum atomic E-state index is 11.3. The minimum Gasteiger partial charge on any atom is -0.388 e. The first-order chi connectivity index (χ1) is 12.7. The lowest BCUT2D eigenvalue weighted by molar-refractivity contribution is -0.165. The van der Waals surface area contributed by atoms with E-state index < -0.39 is 0 Å². The van der Waals surface area contributed by atoms with Crippen LogP contribution < -0.4 is 0 Å². The Labute approximate surface area is 170 Å². The molecule has 0 amide bonds. The second-order valence-corrected chi connectivity index (χ2v) is 11.2. The quantitative estimate of drug-likeness (QED) is 0.561. The Hall–Kier alpha value is -0.530. The highest BCUT2D eigenvalue weighted by molar-refractivity contribution is 6.18. The van der Waals surface area contributed by atoms with Crippen molar-refractivity contribution in [2.45, 2.75) is 72.3 Å². The molecule has 7 atom stereocenters. The standard InChI is InChI=1S/C25H37ClO/c1-23(2)19(22(27)17-8-6-5-7-9-17)12-14-25(4)20(23)13-15-24(3)18(16-26)10-11-21(24)25/h5-9,18-22,27H,10-16H2,1-4H3. The molecule has 150 valence electrons. The van der Waals surface area contributed by atoms with E-state index >= 15 is 0 Å². The zero-order chi connectivity index (χ0) is 19.4. The molecule has 2 heteroatoms. The Morgan fingerprint density at radius 1 is 0.926 bits per heavy atom. The number of fused-ring (bicyclic) bond motifs is 3. The lowest BCUT2D eigenvalue weighted by Gasteiger charge is -2.64. The molecule has 1 aromatic rings. The third-order valence-corrected chi connectivity index (χ3v) is 10.0. The van der Waals surface area contributed by atoms with Gasteiger partial charge in [0.25, 0.3) is 0 Å². The number of benzene rings is 1. The molecule has 1 aromatic carbocycles. The van der Waals surface area contributed by atoms with Gasteiger partial charge in [-0.3, -0.25) is 0 Å². The lowest BCUT2D eigenvalue weighted by atomic mass is 9.41. The van der Waals surface area contributed by atoms with Crippen molar-refractivity contribution in [1.82, 2.24) is 0 Å². The summed E-state index contributed by atoms with van der Waals surface area (Å²) in [5, 5.41) is 11.3. The summed E-state index contributed by atoms with van der Waals surface area (Å²) < 4.78 is 0. The van der Waals surface area contributed by atoms with Crippen molar-refractivity contribution in [3.05, 3.63) is 35.9 Å². The average Bonchev–Trinajstić information content (AvgIpc) is 2.99. The lowest BCUT2D eigenvalue weighted by Crippen LogP contribution is -2.57. The predicted octanol–water partition coefficient (Wildman–Crippen LogP) is 6.84. The van der Waals surface area contributed by atoms with Gasteiger partial charge in [0.05, 0.1) is 6.10 Å². The number of alkyl halides is 1. The molecule has 0 aliphatic heterocycles. The molecule has 0 saturated heterocycles. The van der Waals surface area contributed by atoms with Crippen molar-refractivity contribution in [2.24, 2.45) is 39.9 Å². The summed E-state index contributed by atoms with van der Waals surface area (Å²) in [5.41, 5.74) is 2.06. The Balaban J connectivity index is 1.64. The maximum absolute atomic E-state index is 11.3. The van der Waals surface area contributed by atoms with E-state index in [1.54, 1.807) is 0 Å². The normalized spacial score (nSPS) is 44.4. The fourth-order valence-corrected chi connectivity index (χ4v) is 8.68. The van der Waals surface area contributed by atoms with Crippen molar-refractivity contribution in [1.29, 1.82) is 0 Å². The van der Waals surface area contributed by atoms with E-state index in [-0.39, 0.29) is 11.5 Å². The molecule has 3 saturated carbocycles. The molecule has 3 aliphatic rings. The Morgan fingerprint density at radius 3 is 2.26 bits per heavy atom. The minimum atomic E-state index is -0.349. The molecule has 0 aromatic heterocycles.